The van der Waals surface area contributed by atoms with E-state index in [1.54, 1.807) is 23.1 Å². The maximum absolute atomic E-state index is 13.7. The fourth-order valence-corrected chi connectivity index (χ4v) is 5.29. The van der Waals surface area contributed by atoms with E-state index in [0.29, 0.717) is 26.1 Å². The Hall–Kier alpha value is -3.52. The minimum Gasteiger partial charge on any atom is -0.508 e. The normalized spacial score (nSPS) is 22.0. The van der Waals surface area contributed by atoms with Crippen molar-refractivity contribution < 1.29 is 19.4 Å². The molecule has 3 aromatic rings. The number of likely N-dealkylation sites (N-methyl/N-ethyl adjacent to an activating group) is 1. The third kappa shape index (κ3) is 3.32. The highest BCUT2D eigenvalue weighted by molar-refractivity contribution is 6.08. The van der Waals surface area contributed by atoms with Gasteiger partial charge in [0.25, 0.3) is 5.91 Å². The maximum atomic E-state index is 13.7. The number of benzene rings is 2. The number of nitrogens with one attached hydrogen (secondary N) is 1. The molecule has 2 atom stereocenters. The summed E-state index contributed by atoms with van der Waals surface area (Å²) in [6, 6.07) is 12.0. The Balaban J connectivity index is 1.70. The molecule has 8 nitrogen and oxygen atoms in total. The fraction of sp³-hybridized carbons (Fsp3) is 0.385. The van der Waals surface area contributed by atoms with Gasteiger partial charge in [0.1, 0.15) is 23.1 Å². The largest absolute Gasteiger partial charge is 0.508 e. The van der Waals surface area contributed by atoms with Crippen LogP contribution in [0, 0.1) is 0 Å². The summed E-state index contributed by atoms with van der Waals surface area (Å²) in [5, 5.41) is 11.2. The van der Waals surface area contributed by atoms with Crippen LogP contribution in [0.4, 0.5) is 4.79 Å². The van der Waals surface area contributed by atoms with Gasteiger partial charge in [-0.05, 0) is 69.4 Å². The second-order valence-corrected chi connectivity index (χ2v) is 9.52. The Kier molecular flexibility index (Phi) is 5.28. The second kappa shape index (κ2) is 8.06. The molecule has 2 aliphatic rings. The number of carbonyl (C=O) groups excluding carboxylic acids is 2. The van der Waals surface area contributed by atoms with Crippen LogP contribution in [0.25, 0.3) is 10.9 Å². The van der Waals surface area contributed by atoms with E-state index in [0.717, 1.165) is 33.5 Å². The van der Waals surface area contributed by atoms with Gasteiger partial charge in [0.05, 0.1) is 6.61 Å². The molecule has 178 valence electrons. The molecule has 0 radical (unpaired) electrons. The van der Waals surface area contributed by atoms with E-state index >= 15 is 0 Å². The summed E-state index contributed by atoms with van der Waals surface area (Å²) in [7, 11) is 3.84. The Morgan fingerprint density at radius 2 is 2.00 bits per heavy atom. The van der Waals surface area contributed by atoms with Gasteiger partial charge in [0.2, 0.25) is 0 Å². The van der Waals surface area contributed by atoms with Crippen LogP contribution in [-0.2, 0) is 11.2 Å². The molecular weight excluding hydrogens is 432 g/mol. The molecule has 5 rings (SSSR count). The molecule has 2 N–H and O–H groups in total. The average Bonchev–Trinajstić information content (AvgIpc) is 3.23. The molecule has 0 spiro atoms. The average molecular weight is 463 g/mol. The molecule has 1 fully saturated rings. The maximum Gasteiger partial charge on any atom is 0.328 e. The Morgan fingerprint density at radius 3 is 2.71 bits per heavy atom. The summed E-state index contributed by atoms with van der Waals surface area (Å²) in [4.78, 5) is 36.0. The van der Waals surface area contributed by atoms with Crippen molar-refractivity contribution in [2.75, 3.05) is 33.8 Å². The topological polar surface area (TPSA) is 89.1 Å². The van der Waals surface area contributed by atoms with Gasteiger partial charge >= 0.3 is 6.03 Å². The van der Waals surface area contributed by atoms with E-state index in [4.69, 9.17) is 4.74 Å². The van der Waals surface area contributed by atoms with Crippen molar-refractivity contribution >= 4 is 22.8 Å². The van der Waals surface area contributed by atoms with Gasteiger partial charge in [-0.2, -0.15) is 0 Å². The predicted molar refractivity (Wildman–Crippen MR) is 129 cm³/mol. The number of aromatic hydroxyl groups is 1. The van der Waals surface area contributed by atoms with Crippen LogP contribution in [0.2, 0.25) is 0 Å². The van der Waals surface area contributed by atoms with Gasteiger partial charge in [-0.25, -0.2) is 4.79 Å². The van der Waals surface area contributed by atoms with E-state index in [2.05, 4.69) is 4.98 Å². The van der Waals surface area contributed by atoms with Crippen molar-refractivity contribution in [1.82, 2.24) is 19.7 Å². The van der Waals surface area contributed by atoms with Crippen molar-refractivity contribution in [2.24, 2.45) is 0 Å². The van der Waals surface area contributed by atoms with Crippen LogP contribution in [0.5, 0.6) is 11.5 Å². The van der Waals surface area contributed by atoms with Crippen LogP contribution in [0.3, 0.4) is 0 Å². The Labute approximate surface area is 198 Å². The van der Waals surface area contributed by atoms with E-state index < -0.39 is 11.6 Å². The molecule has 0 aliphatic carbocycles. The lowest BCUT2D eigenvalue weighted by Crippen LogP contribution is -2.53. The van der Waals surface area contributed by atoms with E-state index in [-0.39, 0.29) is 17.7 Å². The molecule has 3 heterocycles. The summed E-state index contributed by atoms with van der Waals surface area (Å²) in [5.74, 6) is 0.689. The highest BCUT2D eigenvalue weighted by Crippen LogP contribution is 2.49. The second-order valence-electron chi connectivity index (χ2n) is 9.52. The van der Waals surface area contributed by atoms with Gasteiger partial charge < -0.3 is 19.7 Å². The zero-order valence-corrected chi connectivity index (χ0v) is 20.0. The highest BCUT2D eigenvalue weighted by Gasteiger charge is 2.60. The highest BCUT2D eigenvalue weighted by atomic mass is 16.5. The Bertz CT molecular complexity index is 1280. The van der Waals surface area contributed by atoms with Gasteiger partial charge in [-0.3, -0.25) is 14.6 Å². The SMILES string of the molecule is CCOc1ccc2[nH]c3c(c2c1)CC1(C)C(=O)N(CCN(C)C)C(=O)N1C3c1cccc(O)c1. The summed E-state index contributed by atoms with van der Waals surface area (Å²) in [6.07, 6.45) is 0.399. The molecule has 3 amide bonds. The zero-order valence-electron chi connectivity index (χ0n) is 20.0. The first-order chi connectivity index (χ1) is 16.2. The minimum atomic E-state index is -1.04. The van der Waals surface area contributed by atoms with Crippen molar-refractivity contribution in [3.63, 3.8) is 0 Å². The molecule has 0 saturated carbocycles. The van der Waals surface area contributed by atoms with Crippen LogP contribution < -0.4 is 4.74 Å². The van der Waals surface area contributed by atoms with Crippen LogP contribution in [0.1, 0.15) is 36.7 Å². The molecule has 2 aromatic carbocycles. The number of phenols is 1. The number of ether oxygens (including phenoxy) is 1. The lowest BCUT2D eigenvalue weighted by molar-refractivity contribution is -0.133. The van der Waals surface area contributed by atoms with E-state index in [1.807, 2.05) is 57.1 Å². The summed E-state index contributed by atoms with van der Waals surface area (Å²) < 4.78 is 5.73. The lowest BCUT2D eigenvalue weighted by Gasteiger charge is -2.42. The molecule has 1 saturated heterocycles. The lowest BCUT2D eigenvalue weighted by atomic mass is 9.81. The number of H-pyrrole nitrogens is 1. The van der Waals surface area contributed by atoms with E-state index in [9.17, 15) is 14.7 Å². The number of phenolic OH excluding ortho intramolecular Hbond substituents is 1. The van der Waals surface area contributed by atoms with Crippen molar-refractivity contribution in [2.45, 2.75) is 31.8 Å². The van der Waals surface area contributed by atoms with Crippen LogP contribution in [0.15, 0.2) is 42.5 Å². The molecule has 8 heteroatoms. The number of amides is 3. The number of aromatic amines is 1. The fourth-order valence-electron chi connectivity index (χ4n) is 5.29. The minimum absolute atomic E-state index is 0.114. The Morgan fingerprint density at radius 1 is 1.21 bits per heavy atom. The molecule has 2 unspecified atom stereocenters. The number of carbonyl (C=O) groups is 2. The van der Waals surface area contributed by atoms with Crippen molar-refractivity contribution in [3.8, 4) is 11.5 Å². The monoisotopic (exact) mass is 462 g/mol. The first kappa shape index (κ1) is 22.3. The summed E-state index contributed by atoms with van der Waals surface area (Å²) in [6.45, 7) is 5.27. The third-order valence-corrected chi connectivity index (χ3v) is 6.91. The van der Waals surface area contributed by atoms with Crippen LogP contribution in [-0.4, -0.2) is 76.1 Å². The standard InChI is InChI=1S/C26H30N4O4/c1-5-34-18-9-10-21-19(14-18)20-15-26(2)24(32)29(12-11-28(3)4)25(33)30(26)23(22(20)27-21)16-7-6-8-17(31)13-16/h6-10,13-14,23,27,31H,5,11-12,15H2,1-4H3. The summed E-state index contributed by atoms with van der Waals surface area (Å²) in [5.41, 5.74) is 2.50. The molecule has 2 aliphatic heterocycles. The van der Waals surface area contributed by atoms with Gasteiger partial charge in [-0.15, -0.1) is 0 Å². The summed E-state index contributed by atoms with van der Waals surface area (Å²) >= 11 is 0. The van der Waals surface area contributed by atoms with Crippen molar-refractivity contribution in [3.05, 3.63) is 59.3 Å². The molecule has 34 heavy (non-hydrogen) atoms. The number of rotatable bonds is 6. The number of hydrogen-bond acceptors (Lipinski definition) is 5. The van der Waals surface area contributed by atoms with Crippen LogP contribution >= 0.6 is 0 Å². The quantitative estimate of drug-likeness (QED) is 0.548. The smallest absolute Gasteiger partial charge is 0.328 e. The number of hydrogen-bond donors (Lipinski definition) is 2. The molecule has 1 aromatic heterocycles. The van der Waals surface area contributed by atoms with Gasteiger partial charge in [0, 0.05) is 36.1 Å². The van der Waals surface area contributed by atoms with Gasteiger partial charge in [0.15, 0.2) is 0 Å². The molecule has 0 bridgehead atoms. The van der Waals surface area contributed by atoms with E-state index in [1.165, 1.54) is 4.90 Å². The van der Waals surface area contributed by atoms with Crippen molar-refractivity contribution in [1.29, 1.82) is 0 Å². The number of urea groups is 1. The predicted octanol–water partition coefficient (Wildman–Crippen LogP) is 3.50. The zero-order chi connectivity index (χ0) is 24.2. The first-order valence-electron chi connectivity index (χ1n) is 11.6. The molecular formula is C26H30N4O4. The number of imide groups is 1. The number of aromatic nitrogens is 1. The third-order valence-electron chi connectivity index (χ3n) is 6.91. The van der Waals surface area contributed by atoms with Gasteiger partial charge in [-0.1, -0.05) is 12.1 Å². The number of nitrogens with zero attached hydrogens (tertiary/aromatic N) is 3. The number of fused-ring (bicyclic) bond motifs is 4. The first-order valence-corrected chi connectivity index (χ1v) is 11.6.